The lowest BCUT2D eigenvalue weighted by Crippen LogP contribution is -2.33. The van der Waals surface area contributed by atoms with E-state index in [1.807, 2.05) is 23.1 Å². The van der Waals surface area contributed by atoms with Gasteiger partial charge in [-0.15, -0.1) is 0 Å². The van der Waals surface area contributed by atoms with Gasteiger partial charge in [0.2, 0.25) is 5.91 Å². The van der Waals surface area contributed by atoms with Crippen molar-refractivity contribution in [3.05, 3.63) is 23.8 Å². The molecule has 2 aliphatic rings. The van der Waals surface area contributed by atoms with Gasteiger partial charge in [-0.1, -0.05) is 18.9 Å². The largest absolute Gasteiger partial charge is 0.482 e. The molecule has 1 N–H and O–H groups in total. The number of carbonyl (C=O) groups is 2. The van der Waals surface area contributed by atoms with Gasteiger partial charge in [0.15, 0.2) is 6.61 Å². The number of benzene rings is 1. The van der Waals surface area contributed by atoms with Crippen LogP contribution in [0.5, 0.6) is 5.75 Å². The molecule has 0 unspecified atom stereocenters. The van der Waals surface area contributed by atoms with E-state index in [0.29, 0.717) is 17.9 Å². The van der Waals surface area contributed by atoms with E-state index < -0.39 is 0 Å². The highest BCUT2D eigenvalue weighted by Gasteiger charge is 2.19. The summed E-state index contributed by atoms with van der Waals surface area (Å²) in [5.41, 5.74) is 1.57. The van der Waals surface area contributed by atoms with Crippen LogP contribution in [0.2, 0.25) is 0 Å². The second-order valence-corrected chi connectivity index (χ2v) is 5.64. The van der Waals surface area contributed by atoms with Crippen LogP contribution in [0.25, 0.3) is 0 Å². The van der Waals surface area contributed by atoms with E-state index in [1.165, 1.54) is 12.8 Å². The monoisotopic (exact) mass is 288 g/mol. The number of ether oxygens (including phenoxy) is 1. The minimum Gasteiger partial charge on any atom is -0.482 e. The van der Waals surface area contributed by atoms with Crippen LogP contribution in [-0.4, -0.2) is 36.4 Å². The van der Waals surface area contributed by atoms with E-state index in [2.05, 4.69) is 5.32 Å². The van der Waals surface area contributed by atoms with Crippen molar-refractivity contribution in [3.63, 3.8) is 0 Å². The Morgan fingerprint density at radius 3 is 2.71 bits per heavy atom. The van der Waals surface area contributed by atoms with Crippen molar-refractivity contribution in [1.29, 1.82) is 0 Å². The predicted octanol–water partition coefficient (Wildman–Crippen LogP) is 1.96. The van der Waals surface area contributed by atoms with E-state index in [9.17, 15) is 9.59 Å². The molecule has 0 aliphatic carbocycles. The fraction of sp³-hybridized carbons (Fsp3) is 0.500. The van der Waals surface area contributed by atoms with Gasteiger partial charge in [-0.25, -0.2) is 0 Å². The van der Waals surface area contributed by atoms with Crippen molar-refractivity contribution in [1.82, 2.24) is 4.90 Å². The first-order valence-electron chi connectivity index (χ1n) is 7.56. The molecule has 2 heterocycles. The highest BCUT2D eigenvalue weighted by Crippen LogP contribution is 2.28. The lowest BCUT2D eigenvalue weighted by molar-refractivity contribution is -0.130. The van der Waals surface area contributed by atoms with E-state index in [1.54, 1.807) is 0 Å². The fourth-order valence-corrected chi connectivity index (χ4v) is 2.85. The summed E-state index contributed by atoms with van der Waals surface area (Å²) in [7, 11) is 0. The van der Waals surface area contributed by atoms with Crippen molar-refractivity contribution >= 4 is 17.5 Å². The molecule has 21 heavy (non-hydrogen) atoms. The van der Waals surface area contributed by atoms with Gasteiger partial charge in [0, 0.05) is 13.1 Å². The molecule has 112 valence electrons. The first-order chi connectivity index (χ1) is 10.2. The molecule has 3 rings (SSSR count). The third kappa shape index (κ3) is 3.35. The van der Waals surface area contributed by atoms with Crippen molar-refractivity contribution in [2.45, 2.75) is 32.1 Å². The Hall–Kier alpha value is -2.04. The molecule has 0 bridgehead atoms. The Kier molecular flexibility index (Phi) is 4.08. The third-order valence-electron chi connectivity index (χ3n) is 3.99. The zero-order valence-electron chi connectivity index (χ0n) is 12.1. The molecule has 2 amide bonds. The molecule has 0 saturated carbocycles. The molecule has 0 aromatic heterocycles. The summed E-state index contributed by atoms with van der Waals surface area (Å²) >= 11 is 0. The van der Waals surface area contributed by atoms with Gasteiger partial charge in [0.25, 0.3) is 5.91 Å². The lowest BCUT2D eigenvalue weighted by Gasteiger charge is -2.21. The highest BCUT2D eigenvalue weighted by molar-refractivity contribution is 5.95. The van der Waals surface area contributed by atoms with E-state index in [4.69, 9.17) is 4.74 Å². The number of amides is 2. The molecule has 1 aromatic rings. The average Bonchev–Trinajstić information content (AvgIpc) is 2.76. The van der Waals surface area contributed by atoms with Gasteiger partial charge in [0.05, 0.1) is 12.1 Å². The molecule has 1 fully saturated rings. The molecule has 5 nitrogen and oxygen atoms in total. The predicted molar refractivity (Wildman–Crippen MR) is 79.3 cm³/mol. The molecule has 0 spiro atoms. The van der Waals surface area contributed by atoms with Crippen LogP contribution in [0.1, 0.15) is 31.2 Å². The standard InChI is InChI=1S/C16H20N2O3/c19-15-11-21-14-6-5-12(9-13(14)17-15)10-16(20)18-7-3-1-2-4-8-18/h5-6,9H,1-4,7-8,10-11H2,(H,17,19). The third-order valence-corrected chi connectivity index (χ3v) is 3.99. The Morgan fingerprint density at radius 2 is 1.95 bits per heavy atom. The van der Waals surface area contributed by atoms with Gasteiger partial charge in [-0.3, -0.25) is 9.59 Å². The van der Waals surface area contributed by atoms with Gasteiger partial charge < -0.3 is 15.0 Å². The quantitative estimate of drug-likeness (QED) is 0.905. The smallest absolute Gasteiger partial charge is 0.262 e. The summed E-state index contributed by atoms with van der Waals surface area (Å²) in [6, 6.07) is 5.55. The Balaban J connectivity index is 1.68. The SMILES string of the molecule is O=C1COc2ccc(CC(=O)N3CCCCCC3)cc2N1. The molecule has 0 radical (unpaired) electrons. The zero-order chi connectivity index (χ0) is 14.7. The van der Waals surface area contributed by atoms with Gasteiger partial charge in [-0.05, 0) is 30.5 Å². The number of hydrogen-bond acceptors (Lipinski definition) is 3. The number of rotatable bonds is 2. The second-order valence-electron chi connectivity index (χ2n) is 5.64. The number of nitrogens with zero attached hydrogens (tertiary/aromatic N) is 1. The number of likely N-dealkylation sites (tertiary alicyclic amines) is 1. The molecule has 0 atom stereocenters. The van der Waals surface area contributed by atoms with Crippen molar-refractivity contribution in [2.24, 2.45) is 0 Å². The summed E-state index contributed by atoms with van der Waals surface area (Å²) in [6.07, 6.45) is 5.00. The Bertz CT molecular complexity index is 548. The summed E-state index contributed by atoms with van der Waals surface area (Å²) in [6.45, 7) is 1.78. The molecular weight excluding hydrogens is 268 g/mol. The van der Waals surface area contributed by atoms with Crippen LogP contribution in [-0.2, 0) is 16.0 Å². The number of fused-ring (bicyclic) bond motifs is 1. The minimum absolute atomic E-state index is 0.0546. The number of hydrogen-bond donors (Lipinski definition) is 1. The first-order valence-corrected chi connectivity index (χ1v) is 7.56. The molecule has 5 heteroatoms. The fourth-order valence-electron chi connectivity index (χ4n) is 2.85. The maximum Gasteiger partial charge on any atom is 0.262 e. The number of carbonyl (C=O) groups excluding carboxylic acids is 2. The zero-order valence-corrected chi connectivity index (χ0v) is 12.1. The molecule has 1 aromatic carbocycles. The van der Waals surface area contributed by atoms with Crippen LogP contribution in [0.4, 0.5) is 5.69 Å². The van der Waals surface area contributed by atoms with Crippen LogP contribution in [0.15, 0.2) is 18.2 Å². The number of anilines is 1. The molecular formula is C16H20N2O3. The highest BCUT2D eigenvalue weighted by atomic mass is 16.5. The average molecular weight is 288 g/mol. The minimum atomic E-state index is -0.154. The maximum absolute atomic E-state index is 12.4. The maximum atomic E-state index is 12.4. The summed E-state index contributed by atoms with van der Waals surface area (Å²) in [5, 5.41) is 2.77. The summed E-state index contributed by atoms with van der Waals surface area (Å²) in [4.78, 5) is 25.7. The number of nitrogens with one attached hydrogen (secondary N) is 1. The van der Waals surface area contributed by atoms with Crippen LogP contribution in [0.3, 0.4) is 0 Å². The topological polar surface area (TPSA) is 58.6 Å². The summed E-state index contributed by atoms with van der Waals surface area (Å²) in [5.74, 6) is 0.680. The lowest BCUT2D eigenvalue weighted by atomic mass is 10.1. The normalized spacial score (nSPS) is 18.3. The van der Waals surface area contributed by atoms with Gasteiger partial charge >= 0.3 is 0 Å². The molecule has 2 aliphatic heterocycles. The molecule has 1 saturated heterocycles. The Morgan fingerprint density at radius 1 is 1.19 bits per heavy atom. The van der Waals surface area contributed by atoms with E-state index in [0.717, 1.165) is 31.5 Å². The van der Waals surface area contributed by atoms with Crippen molar-refractivity contribution in [3.8, 4) is 5.75 Å². The van der Waals surface area contributed by atoms with Gasteiger partial charge in [0.1, 0.15) is 5.75 Å². The summed E-state index contributed by atoms with van der Waals surface area (Å²) < 4.78 is 5.32. The van der Waals surface area contributed by atoms with Crippen molar-refractivity contribution in [2.75, 3.05) is 25.0 Å². The van der Waals surface area contributed by atoms with Crippen LogP contribution < -0.4 is 10.1 Å². The van der Waals surface area contributed by atoms with Crippen LogP contribution in [0, 0.1) is 0 Å². The Labute approximate surface area is 124 Å². The van der Waals surface area contributed by atoms with E-state index >= 15 is 0 Å². The first kappa shape index (κ1) is 13.9. The van der Waals surface area contributed by atoms with Crippen LogP contribution >= 0.6 is 0 Å². The van der Waals surface area contributed by atoms with E-state index in [-0.39, 0.29) is 18.4 Å². The second kappa shape index (κ2) is 6.16. The van der Waals surface area contributed by atoms with Crippen molar-refractivity contribution < 1.29 is 14.3 Å². The van der Waals surface area contributed by atoms with Gasteiger partial charge in [-0.2, -0.15) is 0 Å².